The first kappa shape index (κ1) is 11.5. The Morgan fingerprint density at radius 1 is 1.38 bits per heavy atom. The number of aromatic nitrogens is 2. The lowest BCUT2D eigenvalue weighted by atomic mass is 10.1. The maximum absolute atomic E-state index is 4.17. The predicted octanol–water partition coefficient (Wildman–Crippen LogP) is 3.41. The standard InChI is InChI=1S/C11H15N3S2/c1-8(2)6-10-13-14-11(16-10)12-7-9-4-3-5-15-9/h3-5,8H,6-7H2,1-2H3,(H,12,14). The van der Waals surface area contributed by atoms with Crippen molar-refractivity contribution in [2.45, 2.75) is 26.8 Å². The molecule has 0 bridgehead atoms. The fraction of sp³-hybridized carbons (Fsp3) is 0.455. The summed E-state index contributed by atoms with van der Waals surface area (Å²) in [7, 11) is 0. The Bertz CT molecular complexity index is 420. The zero-order chi connectivity index (χ0) is 11.4. The van der Waals surface area contributed by atoms with E-state index in [2.05, 4.69) is 46.9 Å². The highest BCUT2D eigenvalue weighted by molar-refractivity contribution is 7.15. The minimum Gasteiger partial charge on any atom is -0.355 e. The number of rotatable bonds is 5. The Balaban J connectivity index is 1.88. The van der Waals surface area contributed by atoms with Gasteiger partial charge in [-0.25, -0.2) is 0 Å². The molecule has 0 amide bonds. The molecule has 0 aromatic carbocycles. The molecule has 2 rings (SSSR count). The lowest BCUT2D eigenvalue weighted by Gasteiger charge is -1.98. The first-order valence-corrected chi connectivity index (χ1v) is 7.02. The Hall–Kier alpha value is -0.940. The van der Waals surface area contributed by atoms with Gasteiger partial charge in [-0.15, -0.1) is 21.5 Å². The average molecular weight is 253 g/mol. The molecule has 0 aliphatic carbocycles. The minimum atomic E-state index is 0.637. The van der Waals surface area contributed by atoms with Crippen LogP contribution in [0.5, 0.6) is 0 Å². The third-order valence-corrected chi connectivity index (χ3v) is 3.82. The van der Waals surface area contributed by atoms with Gasteiger partial charge in [0.15, 0.2) is 0 Å². The highest BCUT2D eigenvalue weighted by Crippen LogP contribution is 2.19. The first-order valence-electron chi connectivity index (χ1n) is 5.32. The molecule has 2 aromatic rings. The fourth-order valence-corrected chi connectivity index (χ4v) is 2.92. The Morgan fingerprint density at radius 3 is 2.94 bits per heavy atom. The summed E-state index contributed by atoms with van der Waals surface area (Å²) < 4.78 is 0. The van der Waals surface area contributed by atoms with E-state index in [4.69, 9.17) is 0 Å². The molecular weight excluding hydrogens is 238 g/mol. The molecule has 0 saturated carbocycles. The lowest BCUT2D eigenvalue weighted by molar-refractivity contribution is 0.640. The van der Waals surface area contributed by atoms with Crippen molar-refractivity contribution in [1.82, 2.24) is 10.2 Å². The largest absolute Gasteiger partial charge is 0.355 e. The van der Waals surface area contributed by atoms with Crippen LogP contribution in [0.3, 0.4) is 0 Å². The van der Waals surface area contributed by atoms with E-state index < -0.39 is 0 Å². The molecular formula is C11H15N3S2. The second-order valence-corrected chi connectivity index (χ2v) is 6.13. The summed E-state index contributed by atoms with van der Waals surface area (Å²) in [5.41, 5.74) is 0. The molecule has 16 heavy (non-hydrogen) atoms. The van der Waals surface area contributed by atoms with E-state index >= 15 is 0 Å². The van der Waals surface area contributed by atoms with E-state index in [1.54, 1.807) is 22.7 Å². The van der Waals surface area contributed by atoms with Crippen LogP contribution in [0, 0.1) is 5.92 Å². The summed E-state index contributed by atoms with van der Waals surface area (Å²) in [6, 6.07) is 4.18. The van der Waals surface area contributed by atoms with Gasteiger partial charge in [0.2, 0.25) is 5.13 Å². The lowest BCUT2D eigenvalue weighted by Crippen LogP contribution is -1.96. The smallest absolute Gasteiger partial charge is 0.205 e. The zero-order valence-corrected chi connectivity index (χ0v) is 11.1. The van der Waals surface area contributed by atoms with E-state index in [0.29, 0.717) is 5.92 Å². The van der Waals surface area contributed by atoms with Gasteiger partial charge in [0.25, 0.3) is 0 Å². The quantitative estimate of drug-likeness (QED) is 0.887. The molecule has 5 heteroatoms. The van der Waals surface area contributed by atoms with Gasteiger partial charge < -0.3 is 5.32 Å². The first-order chi connectivity index (χ1) is 7.74. The van der Waals surface area contributed by atoms with Crippen molar-refractivity contribution in [1.29, 1.82) is 0 Å². The van der Waals surface area contributed by atoms with Gasteiger partial charge in [0, 0.05) is 11.3 Å². The summed E-state index contributed by atoms with van der Waals surface area (Å²) >= 11 is 3.41. The molecule has 0 saturated heterocycles. The average Bonchev–Trinajstić information content (AvgIpc) is 2.84. The monoisotopic (exact) mass is 253 g/mol. The van der Waals surface area contributed by atoms with Crippen molar-refractivity contribution < 1.29 is 0 Å². The van der Waals surface area contributed by atoms with Crippen molar-refractivity contribution in [2.75, 3.05) is 5.32 Å². The minimum absolute atomic E-state index is 0.637. The fourth-order valence-electron chi connectivity index (χ4n) is 1.33. The molecule has 86 valence electrons. The summed E-state index contributed by atoms with van der Waals surface area (Å²) in [6.07, 6.45) is 1.01. The van der Waals surface area contributed by atoms with Crippen molar-refractivity contribution in [2.24, 2.45) is 5.92 Å². The number of anilines is 1. The van der Waals surface area contributed by atoms with E-state index in [9.17, 15) is 0 Å². The second-order valence-electron chi connectivity index (χ2n) is 4.03. The highest BCUT2D eigenvalue weighted by atomic mass is 32.1. The maximum Gasteiger partial charge on any atom is 0.205 e. The van der Waals surface area contributed by atoms with Gasteiger partial charge in [0.05, 0.1) is 6.54 Å². The molecule has 0 aliphatic heterocycles. The second kappa shape index (κ2) is 5.41. The van der Waals surface area contributed by atoms with Crippen LogP contribution in [0.15, 0.2) is 17.5 Å². The molecule has 2 aromatic heterocycles. The Labute approximate surface area is 104 Å². The van der Waals surface area contributed by atoms with Gasteiger partial charge in [-0.1, -0.05) is 31.3 Å². The van der Waals surface area contributed by atoms with Gasteiger partial charge in [0.1, 0.15) is 5.01 Å². The van der Waals surface area contributed by atoms with Gasteiger partial charge in [-0.2, -0.15) is 0 Å². The molecule has 1 N–H and O–H groups in total. The number of nitrogens with zero attached hydrogens (tertiary/aromatic N) is 2. The van der Waals surface area contributed by atoms with Gasteiger partial charge in [-0.05, 0) is 17.4 Å². The molecule has 3 nitrogen and oxygen atoms in total. The maximum atomic E-state index is 4.17. The number of hydrogen-bond acceptors (Lipinski definition) is 5. The Kier molecular flexibility index (Phi) is 3.90. The molecule has 0 atom stereocenters. The molecule has 0 spiro atoms. The summed E-state index contributed by atoms with van der Waals surface area (Å²) in [4.78, 5) is 1.32. The van der Waals surface area contributed by atoms with Crippen LogP contribution < -0.4 is 5.32 Å². The van der Waals surface area contributed by atoms with E-state index in [0.717, 1.165) is 23.1 Å². The van der Waals surface area contributed by atoms with Crippen molar-refractivity contribution in [3.05, 3.63) is 27.4 Å². The highest BCUT2D eigenvalue weighted by Gasteiger charge is 2.05. The normalized spacial score (nSPS) is 10.9. The van der Waals surface area contributed by atoms with Gasteiger partial charge >= 0.3 is 0 Å². The van der Waals surface area contributed by atoms with Crippen LogP contribution in [-0.2, 0) is 13.0 Å². The molecule has 0 unspecified atom stereocenters. The van der Waals surface area contributed by atoms with E-state index in [1.807, 2.05) is 0 Å². The SMILES string of the molecule is CC(C)Cc1nnc(NCc2cccs2)s1. The third-order valence-electron chi connectivity index (χ3n) is 2.04. The molecule has 2 heterocycles. The Morgan fingerprint density at radius 2 is 2.25 bits per heavy atom. The van der Waals surface area contributed by atoms with Gasteiger partial charge in [-0.3, -0.25) is 0 Å². The van der Waals surface area contributed by atoms with Crippen LogP contribution >= 0.6 is 22.7 Å². The van der Waals surface area contributed by atoms with Crippen molar-refractivity contribution in [3.8, 4) is 0 Å². The third kappa shape index (κ3) is 3.28. The predicted molar refractivity (Wildman–Crippen MR) is 70.1 cm³/mol. The zero-order valence-electron chi connectivity index (χ0n) is 9.43. The number of hydrogen-bond donors (Lipinski definition) is 1. The van der Waals surface area contributed by atoms with E-state index in [-0.39, 0.29) is 0 Å². The van der Waals surface area contributed by atoms with Crippen molar-refractivity contribution >= 4 is 27.8 Å². The summed E-state index contributed by atoms with van der Waals surface area (Å²) in [5, 5.41) is 15.7. The van der Waals surface area contributed by atoms with Crippen LogP contribution in [0.1, 0.15) is 23.7 Å². The van der Waals surface area contributed by atoms with Crippen LogP contribution in [0.4, 0.5) is 5.13 Å². The van der Waals surface area contributed by atoms with Crippen LogP contribution in [-0.4, -0.2) is 10.2 Å². The number of thiophene rings is 1. The molecule has 0 radical (unpaired) electrons. The summed E-state index contributed by atoms with van der Waals surface area (Å²) in [6.45, 7) is 5.23. The molecule has 0 fully saturated rings. The topological polar surface area (TPSA) is 37.8 Å². The van der Waals surface area contributed by atoms with Crippen LogP contribution in [0.2, 0.25) is 0 Å². The van der Waals surface area contributed by atoms with Crippen molar-refractivity contribution in [3.63, 3.8) is 0 Å². The summed E-state index contributed by atoms with van der Waals surface area (Å²) in [5.74, 6) is 0.637. The molecule has 0 aliphatic rings. The number of nitrogens with one attached hydrogen (secondary N) is 1. The van der Waals surface area contributed by atoms with E-state index in [1.165, 1.54) is 4.88 Å². The van der Waals surface area contributed by atoms with Crippen LogP contribution in [0.25, 0.3) is 0 Å².